The number of benzene rings is 1. The van der Waals surface area contributed by atoms with Crippen LogP contribution >= 0.6 is 0 Å². The van der Waals surface area contributed by atoms with Gasteiger partial charge in [-0.05, 0) is 18.9 Å². The highest BCUT2D eigenvalue weighted by Gasteiger charge is 2.12. The van der Waals surface area contributed by atoms with Crippen LogP contribution in [0.4, 0.5) is 0 Å². The number of ether oxygens (including phenoxy) is 3. The Bertz CT molecular complexity index is 393. The predicted octanol–water partition coefficient (Wildman–Crippen LogP) is 3.63. The maximum atomic E-state index is 5.44. The molecule has 0 saturated carbocycles. The van der Waals surface area contributed by atoms with Gasteiger partial charge in [-0.15, -0.1) is 0 Å². The van der Waals surface area contributed by atoms with Gasteiger partial charge in [0, 0.05) is 18.7 Å². The van der Waals surface area contributed by atoms with Gasteiger partial charge >= 0.3 is 0 Å². The zero-order chi connectivity index (χ0) is 15.7. The molecule has 0 aliphatic carbocycles. The van der Waals surface area contributed by atoms with E-state index in [1.807, 2.05) is 12.1 Å². The first-order valence-corrected chi connectivity index (χ1v) is 7.62. The lowest BCUT2D eigenvalue weighted by Crippen LogP contribution is -2.16. The molecule has 4 nitrogen and oxygen atoms in total. The minimum atomic E-state index is 0.734. The van der Waals surface area contributed by atoms with Crippen LogP contribution in [0.1, 0.15) is 38.7 Å². The summed E-state index contributed by atoms with van der Waals surface area (Å²) < 4.78 is 16.1. The fourth-order valence-electron chi connectivity index (χ4n) is 2.27. The van der Waals surface area contributed by atoms with Gasteiger partial charge in [-0.3, -0.25) is 0 Å². The Hall–Kier alpha value is -1.42. The van der Waals surface area contributed by atoms with E-state index >= 15 is 0 Å². The van der Waals surface area contributed by atoms with Crippen LogP contribution < -0.4 is 19.5 Å². The number of unbranched alkanes of at least 4 members (excludes halogenated alkanes) is 1. The molecule has 0 spiro atoms. The highest BCUT2D eigenvalue weighted by Crippen LogP contribution is 2.33. The zero-order valence-electron chi connectivity index (χ0n) is 14.0. The van der Waals surface area contributed by atoms with Crippen molar-refractivity contribution in [2.45, 2.75) is 39.7 Å². The molecule has 0 heterocycles. The highest BCUT2D eigenvalue weighted by atomic mass is 16.5. The van der Waals surface area contributed by atoms with Gasteiger partial charge in [0.25, 0.3) is 0 Å². The quantitative estimate of drug-likeness (QED) is 0.669. The summed E-state index contributed by atoms with van der Waals surface area (Å²) >= 11 is 0. The molecule has 1 N–H and O–H groups in total. The second kappa shape index (κ2) is 9.50. The molecule has 0 amide bonds. The molecule has 1 rings (SSSR count). The average Bonchev–Trinajstić information content (AvgIpc) is 2.49. The van der Waals surface area contributed by atoms with E-state index in [1.54, 1.807) is 21.3 Å². The van der Waals surface area contributed by atoms with E-state index in [2.05, 4.69) is 19.2 Å². The number of hydrogen-bond donors (Lipinski definition) is 1. The minimum absolute atomic E-state index is 0.734. The summed E-state index contributed by atoms with van der Waals surface area (Å²) in [5.41, 5.74) is 1.03. The van der Waals surface area contributed by atoms with Crippen LogP contribution in [0.25, 0.3) is 0 Å². The maximum Gasteiger partial charge on any atom is 0.130 e. The van der Waals surface area contributed by atoms with Crippen molar-refractivity contribution in [2.75, 3.05) is 27.9 Å². The van der Waals surface area contributed by atoms with Gasteiger partial charge in [0.1, 0.15) is 17.2 Å². The normalized spacial score (nSPS) is 10.8. The SMILES string of the molecule is COc1cc(OC)c(CNCCCCC(C)C)c(OC)c1. The molecule has 0 fully saturated rings. The van der Waals surface area contributed by atoms with Crippen LogP contribution in [0, 0.1) is 5.92 Å². The molecule has 1 aromatic rings. The van der Waals surface area contributed by atoms with Crippen molar-refractivity contribution in [3.63, 3.8) is 0 Å². The first-order valence-electron chi connectivity index (χ1n) is 7.62. The van der Waals surface area contributed by atoms with Crippen molar-refractivity contribution in [3.05, 3.63) is 17.7 Å². The van der Waals surface area contributed by atoms with Crippen molar-refractivity contribution in [1.82, 2.24) is 5.32 Å². The van der Waals surface area contributed by atoms with Gasteiger partial charge in [-0.1, -0.05) is 26.7 Å². The van der Waals surface area contributed by atoms with E-state index in [4.69, 9.17) is 14.2 Å². The summed E-state index contributed by atoms with van der Waals surface area (Å²) in [4.78, 5) is 0. The smallest absolute Gasteiger partial charge is 0.130 e. The molecule has 0 aliphatic heterocycles. The Morgan fingerprint density at radius 2 is 1.57 bits per heavy atom. The van der Waals surface area contributed by atoms with E-state index in [1.165, 1.54) is 19.3 Å². The molecule has 0 bridgehead atoms. The van der Waals surface area contributed by atoms with E-state index in [-0.39, 0.29) is 0 Å². The number of rotatable bonds is 10. The van der Waals surface area contributed by atoms with Crippen molar-refractivity contribution in [2.24, 2.45) is 5.92 Å². The summed E-state index contributed by atoms with van der Waals surface area (Å²) in [6.45, 7) is 6.27. The van der Waals surface area contributed by atoms with Crippen LogP contribution in [0.5, 0.6) is 17.2 Å². The summed E-state index contributed by atoms with van der Waals surface area (Å²) in [5.74, 6) is 3.11. The zero-order valence-corrected chi connectivity index (χ0v) is 14.0. The van der Waals surface area contributed by atoms with E-state index in [0.717, 1.165) is 41.8 Å². The van der Waals surface area contributed by atoms with Crippen molar-refractivity contribution in [1.29, 1.82) is 0 Å². The van der Waals surface area contributed by atoms with Crippen molar-refractivity contribution >= 4 is 0 Å². The second-order valence-electron chi connectivity index (χ2n) is 5.58. The average molecular weight is 295 g/mol. The Morgan fingerprint density at radius 3 is 2.05 bits per heavy atom. The van der Waals surface area contributed by atoms with Gasteiger partial charge in [-0.25, -0.2) is 0 Å². The molecule has 4 heteroatoms. The largest absolute Gasteiger partial charge is 0.496 e. The van der Waals surface area contributed by atoms with Crippen LogP contribution in [-0.4, -0.2) is 27.9 Å². The van der Waals surface area contributed by atoms with Crippen molar-refractivity contribution in [3.8, 4) is 17.2 Å². The van der Waals surface area contributed by atoms with Crippen LogP contribution in [-0.2, 0) is 6.54 Å². The topological polar surface area (TPSA) is 39.7 Å². The fraction of sp³-hybridized carbons (Fsp3) is 0.647. The lowest BCUT2D eigenvalue weighted by atomic mass is 10.1. The Kier molecular flexibility index (Phi) is 7.98. The maximum absolute atomic E-state index is 5.44. The highest BCUT2D eigenvalue weighted by molar-refractivity contribution is 5.50. The summed E-state index contributed by atoms with van der Waals surface area (Å²) in [6, 6.07) is 3.77. The molecule has 0 radical (unpaired) electrons. The van der Waals surface area contributed by atoms with Gasteiger partial charge in [0.05, 0.1) is 26.9 Å². The lowest BCUT2D eigenvalue weighted by Gasteiger charge is -2.15. The molecule has 21 heavy (non-hydrogen) atoms. The second-order valence-corrected chi connectivity index (χ2v) is 5.58. The number of methoxy groups -OCH3 is 3. The molecule has 0 aromatic heterocycles. The Morgan fingerprint density at radius 1 is 0.952 bits per heavy atom. The van der Waals surface area contributed by atoms with Crippen molar-refractivity contribution < 1.29 is 14.2 Å². The first-order chi connectivity index (χ1) is 10.1. The van der Waals surface area contributed by atoms with E-state index in [0.29, 0.717) is 0 Å². The Labute approximate surface area is 128 Å². The first kappa shape index (κ1) is 17.6. The van der Waals surface area contributed by atoms with E-state index in [9.17, 15) is 0 Å². The molecular formula is C17H29NO3. The summed E-state index contributed by atoms with van der Waals surface area (Å²) in [5, 5.41) is 3.46. The van der Waals surface area contributed by atoms with Crippen LogP contribution in [0.3, 0.4) is 0 Å². The van der Waals surface area contributed by atoms with Gasteiger partial charge < -0.3 is 19.5 Å². The Balaban J connectivity index is 2.57. The van der Waals surface area contributed by atoms with Crippen LogP contribution in [0.2, 0.25) is 0 Å². The predicted molar refractivity (Wildman–Crippen MR) is 86.5 cm³/mol. The molecule has 1 aromatic carbocycles. The lowest BCUT2D eigenvalue weighted by molar-refractivity contribution is 0.366. The molecule has 0 aliphatic rings. The summed E-state index contributed by atoms with van der Waals surface area (Å²) in [6.07, 6.45) is 3.75. The standard InChI is InChI=1S/C17H29NO3/c1-13(2)8-6-7-9-18-12-15-16(20-4)10-14(19-3)11-17(15)21-5/h10-11,13,18H,6-9,12H2,1-5H3. The van der Waals surface area contributed by atoms with E-state index < -0.39 is 0 Å². The molecule has 0 saturated heterocycles. The monoisotopic (exact) mass is 295 g/mol. The molecule has 0 unspecified atom stereocenters. The third kappa shape index (κ3) is 5.84. The molecule has 120 valence electrons. The van der Waals surface area contributed by atoms with Crippen LogP contribution in [0.15, 0.2) is 12.1 Å². The fourth-order valence-corrected chi connectivity index (χ4v) is 2.27. The van der Waals surface area contributed by atoms with Gasteiger partial charge in [0.15, 0.2) is 0 Å². The third-order valence-electron chi connectivity index (χ3n) is 3.50. The number of nitrogens with one attached hydrogen (secondary N) is 1. The van der Waals surface area contributed by atoms with Gasteiger partial charge in [-0.2, -0.15) is 0 Å². The van der Waals surface area contributed by atoms with Gasteiger partial charge in [0.2, 0.25) is 0 Å². The number of hydrogen-bond acceptors (Lipinski definition) is 4. The molecule has 0 atom stereocenters. The minimum Gasteiger partial charge on any atom is -0.496 e. The molecular weight excluding hydrogens is 266 g/mol. The third-order valence-corrected chi connectivity index (χ3v) is 3.50. The summed E-state index contributed by atoms with van der Waals surface area (Å²) in [7, 11) is 4.97.